The van der Waals surface area contributed by atoms with Crippen molar-refractivity contribution in [2.45, 2.75) is 65.0 Å². The van der Waals surface area contributed by atoms with E-state index in [4.69, 9.17) is 5.73 Å². The highest BCUT2D eigenvalue weighted by Gasteiger charge is 2.43. The summed E-state index contributed by atoms with van der Waals surface area (Å²) >= 11 is 0. The lowest BCUT2D eigenvalue weighted by molar-refractivity contribution is -0.0208. The quantitative estimate of drug-likeness (QED) is 0.844. The Morgan fingerprint density at radius 1 is 1.15 bits per heavy atom. The molecular weight excluding hydrogens is 246 g/mol. The molecule has 1 aliphatic carbocycles. The van der Waals surface area contributed by atoms with Crippen LogP contribution in [0.2, 0.25) is 0 Å². The van der Waals surface area contributed by atoms with Crippen LogP contribution in [-0.4, -0.2) is 54.6 Å². The minimum absolute atomic E-state index is 0.289. The normalized spacial score (nSPS) is 38.1. The maximum atomic E-state index is 6.25. The third-order valence-corrected chi connectivity index (χ3v) is 6.15. The summed E-state index contributed by atoms with van der Waals surface area (Å²) in [6.45, 7) is 13.9. The average Bonchev–Trinajstić information content (AvgIpc) is 2.41. The van der Waals surface area contributed by atoms with Crippen molar-refractivity contribution in [2.75, 3.05) is 33.2 Å². The van der Waals surface area contributed by atoms with Gasteiger partial charge in [-0.2, -0.15) is 0 Å². The fraction of sp³-hybridized carbons (Fsp3) is 1.00. The van der Waals surface area contributed by atoms with E-state index in [1.807, 2.05) is 0 Å². The number of hydrogen-bond donors (Lipinski definition) is 1. The zero-order chi connectivity index (χ0) is 15.0. The highest BCUT2D eigenvalue weighted by atomic mass is 15.3. The first-order valence-electron chi connectivity index (χ1n) is 8.44. The van der Waals surface area contributed by atoms with Crippen molar-refractivity contribution in [3.05, 3.63) is 0 Å². The van der Waals surface area contributed by atoms with Gasteiger partial charge in [0, 0.05) is 37.8 Å². The van der Waals surface area contributed by atoms with Gasteiger partial charge in [-0.15, -0.1) is 0 Å². The van der Waals surface area contributed by atoms with Gasteiger partial charge in [0.25, 0.3) is 0 Å². The SMILES string of the molecule is CC1CN(C2(CN)CCC(C(C)(C)C)CC2)CCN1C. The summed E-state index contributed by atoms with van der Waals surface area (Å²) < 4.78 is 0. The molecule has 1 saturated heterocycles. The van der Waals surface area contributed by atoms with Crippen LogP contribution in [0.3, 0.4) is 0 Å². The van der Waals surface area contributed by atoms with E-state index in [1.54, 1.807) is 0 Å². The number of nitrogens with zero attached hydrogens (tertiary/aromatic N) is 2. The topological polar surface area (TPSA) is 32.5 Å². The van der Waals surface area contributed by atoms with E-state index in [0.717, 1.165) is 12.5 Å². The molecule has 1 unspecified atom stereocenters. The largest absolute Gasteiger partial charge is 0.329 e. The summed E-state index contributed by atoms with van der Waals surface area (Å²) in [5.41, 5.74) is 6.99. The third-order valence-electron chi connectivity index (χ3n) is 6.15. The molecule has 2 aliphatic rings. The van der Waals surface area contributed by atoms with Gasteiger partial charge in [0.05, 0.1) is 0 Å². The highest BCUT2D eigenvalue weighted by molar-refractivity contribution is 4.99. The van der Waals surface area contributed by atoms with Gasteiger partial charge >= 0.3 is 0 Å². The minimum Gasteiger partial charge on any atom is -0.329 e. The smallest absolute Gasteiger partial charge is 0.0333 e. The summed E-state index contributed by atoms with van der Waals surface area (Å²) in [7, 11) is 2.24. The Morgan fingerprint density at radius 3 is 2.20 bits per heavy atom. The second-order valence-corrected chi connectivity index (χ2v) is 8.34. The van der Waals surface area contributed by atoms with Gasteiger partial charge in [-0.1, -0.05) is 20.8 Å². The van der Waals surface area contributed by atoms with Gasteiger partial charge < -0.3 is 10.6 Å². The molecule has 1 aliphatic heterocycles. The minimum atomic E-state index is 0.289. The Morgan fingerprint density at radius 2 is 1.75 bits per heavy atom. The molecule has 118 valence electrons. The Labute approximate surface area is 125 Å². The molecule has 0 aromatic heterocycles. The molecule has 2 fully saturated rings. The number of nitrogens with two attached hydrogens (primary N) is 1. The van der Waals surface area contributed by atoms with Crippen molar-refractivity contribution in [1.29, 1.82) is 0 Å². The second kappa shape index (κ2) is 5.94. The van der Waals surface area contributed by atoms with Crippen LogP contribution in [-0.2, 0) is 0 Å². The fourth-order valence-corrected chi connectivity index (χ4v) is 4.15. The molecule has 3 heteroatoms. The van der Waals surface area contributed by atoms with Crippen LogP contribution in [0.25, 0.3) is 0 Å². The molecule has 0 spiro atoms. The number of hydrogen-bond acceptors (Lipinski definition) is 3. The summed E-state index contributed by atoms with van der Waals surface area (Å²) in [5, 5.41) is 0. The van der Waals surface area contributed by atoms with Gasteiger partial charge in [-0.05, 0) is 51.0 Å². The molecule has 0 aromatic rings. The predicted molar refractivity (Wildman–Crippen MR) is 86.9 cm³/mol. The molecule has 1 heterocycles. The molecule has 3 nitrogen and oxygen atoms in total. The molecule has 2 N–H and O–H groups in total. The first-order chi connectivity index (χ1) is 9.28. The highest BCUT2D eigenvalue weighted by Crippen LogP contribution is 2.43. The summed E-state index contributed by atoms with van der Waals surface area (Å²) in [4.78, 5) is 5.19. The standard InChI is InChI=1S/C17H35N3/c1-14-12-20(11-10-19(14)5)17(13-18)8-6-15(7-9-17)16(2,3)4/h14-15H,6-13,18H2,1-5H3. The number of likely N-dealkylation sites (N-methyl/N-ethyl adjacent to an activating group) is 1. The lowest BCUT2D eigenvalue weighted by Crippen LogP contribution is -2.63. The second-order valence-electron chi connectivity index (χ2n) is 8.34. The first-order valence-corrected chi connectivity index (χ1v) is 8.44. The van der Waals surface area contributed by atoms with Crippen LogP contribution in [0.5, 0.6) is 0 Å². The molecule has 0 aromatic carbocycles. The van der Waals surface area contributed by atoms with Crippen LogP contribution >= 0.6 is 0 Å². The van der Waals surface area contributed by atoms with Crippen LogP contribution < -0.4 is 5.73 Å². The molecule has 1 atom stereocenters. The van der Waals surface area contributed by atoms with Crippen molar-refractivity contribution in [1.82, 2.24) is 9.80 Å². The Bertz CT molecular complexity index is 313. The van der Waals surface area contributed by atoms with Gasteiger partial charge in [0.2, 0.25) is 0 Å². The zero-order valence-corrected chi connectivity index (χ0v) is 14.3. The Balaban J connectivity index is 2.02. The van der Waals surface area contributed by atoms with Gasteiger partial charge in [-0.3, -0.25) is 4.90 Å². The maximum Gasteiger partial charge on any atom is 0.0333 e. The molecule has 20 heavy (non-hydrogen) atoms. The van der Waals surface area contributed by atoms with Crippen molar-refractivity contribution >= 4 is 0 Å². The van der Waals surface area contributed by atoms with Crippen LogP contribution in [0.15, 0.2) is 0 Å². The van der Waals surface area contributed by atoms with Crippen LogP contribution in [0.4, 0.5) is 0 Å². The Hall–Kier alpha value is -0.120. The van der Waals surface area contributed by atoms with E-state index in [-0.39, 0.29) is 5.54 Å². The van der Waals surface area contributed by atoms with E-state index in [2.05, 4.69) is 44.5 Å². The summed E-state index contributed by atoms with van der Waals surface area (Å²) in [5.74, 6) is 0.868. The van der Waals surface area contributed by atoms with Gasteiger partial charge in [0.1, 0.15) is 0 Å². The Kier molecular flexibility index (Phi) is 4.83. The van der Waals surface area contributed by atoms with Crippen molar-refractivity contribution < 1.29 is 0 Å². The molecule has 2 rings (SSSR count). The molecule has 1 saturated carbocycles. The van der Waals surface area contributed by atoms with E-state index in [1.165, 1.54) is 45.3 Å². The third kappa shape index (κ3) is 3.20. The van der Waals surface area contributed by atoms with Crippen LogP contribution in [0, 0.1) is 11.3 Å². The van der Waals surface area contributed by atoms with E-state index < -0.39 is 0 Å². The first kappa shape index (κ1) is 16.3. The van der Waals surface area contributed by atoms with Crippen LogP contribution in [0.1, 0.15) is 53.4 Å². The molecule has 0 bridgehead atoms. The lowest BCUT2D eigenvalue weighted by atomic mass is 9.66. The van der Waals surface area contributed by atoms with Crippen molar-refractivity contribution in [2.24, 2.45) is 17.1 Å². The molecular formula is C17H35N3. The van der Waals surface area contributed by atoms with Crippen molar-refractivity contribution in [3.63, 3.8) is 0 Å². The summed E-state index contributed by atoms with van der Waals surface area (Å²) in [6.07, 6.45) is 5.28. The molecule has 0 radical (unpaired) electrons. The van der Waals surface area contributed by atoms with Crippen molar-refractivity contribution in [3.8, 4) is 0 Å². The summed E-state index contributed by atoms with van der Waals surface area (Å²) in [6, 6.07) is 0.660. The number of piperazine rings is 1. The average molecular weight is 281 g/mol. The van der Waals surface area contributed by atoms with Gasteiger partial charge in [0.15, 0.2) is 0 Å². The maximum absolute atomic E-state index is 6.25. The molecule has 0 amide bonds. The van der Waals surface area contributed by atoms with E-state index in [0.29, 0.717) is 11.5 Å². The van der Waals surface area contributed by atoms with E-state index >= 15 is 0 Å². The van der Waals surface area contributed by atoms with Gasteiger partial charge in [-0.25, -0.2) is 0 Å². The fourth-order valence-electron chi connectivity index (χ4n) is 4.15. The predicted octanol–water partition coefficient (Wildman–Crippen LogP) is 2.56. The lowest BCUT2D eigenvalue weighted by Gasteiger charge is -2.53. The monoisotopic (exact) mass is 281 g/mol. The van der Waals surface area contributed by atoms with E-state index in [9.17, 15) is 0 Å². The zero-order valence-electron chi connectivity index (χ0n) is 14.3. The number of rotatable bonds is 2.